The molecule has 0 aliphatic carbocycles. The minimum absolute atomic E-state index is 0.136. The number of benzene rings is 2. The van der Waals surface area contributed by atoms with Gasteiger partial charge in [0.25, 0.3) is 0 Å². The third kappa shape index (κ3) is 4.43. The molecule has 3 rings (SSSR count). The standard InChI is InChI=1S/C20H17FO4S2/c1-25-19(22)12-16-11-18(13-5-9-17(10-6-13)27(2,23)24)20(26-16)14-3-7-15(21)8-4-14/h3-11H,12H2,1-2H3. The molecular weight excluding hydrogens is 387 g/mol. The number of carbonyl (C=O) groups is 1. The lowest BCUT2D eigenvalue weighted by Gasteiger charge is -2.06. The Morgan fingerprint density at radius 1 is 1.04 bits per heavy atom. The summed E-state index contributed by atoms with van der Waals surface area (Å²) in [5.41, 5.74) is 2.49. The third-order valence-electron chi connectivity index (χ3n) is 4.03. The second kappa shape index (κ2) is 7.62. The van der Waals surface area contributed by atoms with Gasteiger partial charge < -0.3 is 4.74 Å². The lowest BCUT2D eigenvalue weighted by molar-refractivity contribution is -0.139. The zero-order valence-corrected chi connectivity index (χ0v) is 16.4. The molecule has 3 aromatic rings. The van der Waals surface area contributed by atoms with Gasteiger partial charge in [-0.1, -0.05) is 24.3 Å². The highest BCUT2D eigenvalue weighted by molar-refractivity contribution is 7.90. The quantitative estimate of drug-likeness (QED) is 0.594. The van der Waals surface area contributed by atoms with Gasteiger partial charge in [0.1, 0.15) is 5.82 Å². The molecule has 0 radical (unpaired) electrons. The third-order valence-corrected chi connectivity index (χ3v) is 6.34. The van der Waals surface area contributed by atoms with E-state index in [-0.39, 0.29) is 23.1 Å². The molecule has 1 aromatic heterocycles. The van der Waals surface area contributed by atoms with Crippen LogP contribution >= 0.6 is 11.3 Å². The SMILES string of the molecule is COC(=O)Cc1cc(-c2ccc(S(C)(=O)=O)cc2)c(-c2ccc(F)cc2)s1. The maximum Gasteiger partial charge on any atom is 0.310 e. The Morgan fingerprint density at radius 2 is 1.63 bits per heavy atom. The predicted molar refractivity (Wildman–Crippen MR) is 104 cm³/mol. The molecule has 0 saturated carbocycles. The van der Waals surface area contributed by atoms with E-state index in [1.807, 2.05) is 6.07 Å². The van der Waals surface area contributed by atoms with E-state index in [9.17, 15) is 17.6 Å². The van der Waals surface area contributed by atoms with E-state index < -0.39 is 9.84 Å². The molecule has 0 fully saturated rings. The van der Waals surface area contributed by atoms with Crippen molar-refractivity contribution in [2.24, 2.45) is 0 Å². The first kappa shape index (κ1) is 19.3. The molecule has 0 amide bonds. The molecule has 0 spiro atoms. The van der Waals surface area contributed by atoms with E-state index in [1.165, 1.54) is 30.6 Å². The summed E-state index contributed by atoms with van der Waals surface area (Å²) in [5, 5.41) is 0. The van der Waals surface area contributed by atoms with Gasteiger partial charge in [0.15, 0.2) is 9.84 Å². The number of methoxy groups -OCH3 is 1. The molecule has 7 heteroatoms. The summed E-state index contributed by atoms with van der Waals surface area (Å²) in [6.45, 7) is 0. The van der Waals surface area contributed by atoms with Gasteiger partial charge in [-0.2, -0.15) is 0 Å². The zero-order chi connectivity index (χ0) is 19.6. The molecule has 0 aliphatic heterocycles. The first-order chi connectivity index (χ1) is 12.8. The van der Waals surface area contributed by atoms with Crippen molar-refractivity contribution in [3.8, 4) is 21.6 Å². The summed E-state index contributed by atoms with van der Waals surface area (Å²) < 4.78 is 41.4. The maximum atomic E-state index is 13.3. The van der Waals surface area contributed by atoms with Crippen molar-refractivity contribution < 1.29 is 22.3 Å². The van der Waals surface area contributed by atoms with Crippen LogP contribution < -0.4 is 0 Å². The van der Waals surface area contributed by atoms with Crippen LogP contribution in [-0.2, 0) is 25.8 Å². The number of halogens is 1. The van der Waals surface area contributed by atoms with E-state index >= 15 is 0 Å². The van der Waals surface area contributed by atoms with E-state index in [0.717, 1.165) is 32.7 Å². The van der Waals surface area contributed by atoms with Crippen LogP contribution in [0.5, 0.6) is 0 Å². The summed E-state index contributed by atoms with van der Waals surface area (Å²) in [5.74, 6) is -0.676. The normalized spacial score (nSPS) is 11.4. The van der Waals surface area contributed by atoms with Gasteiger partial charge in [0.2, 0.25) is 0 Å². The van der Waals surface area contributed by atoms with Crippen LogP contribution in [0.25, 0.3) is 21.6 Å². The number of thiophene rings is 1. The van der Waals surface area contributed by atoms with Crippen molar-refractivity contribution in [3.63, 3.8) is 0 Å². The van der Waals surface area contributed by atoms with Crippen molar-refractivity contribution in [3.05, 3.63) is 65.3 Å². The fourth-order valence-corrected chi connectivity index (χ4v) is 4.46. The van der Waals surface area contributed by atoms with Crippen LogP contribution in [0.15, 0.2) is 59.5 Å². The van der Waals surface area contributed by atoms with Crippen molar-refractivity contribution in [2.75, 3.05) is 13.4 Å². The fourth-order valence-electron chi connectivity index (χ4n) is 2.66. The van der Waals surface area contributed by atoms with Crippen LogP contribution in [0.2, 0.25) is 0 Å². The maximum absolute atomic E-state index is 13.3. The van der Waals surface area contributed by atoms with Crippen LogP contribution in [-0.4, -0.2) is 27.8 Å². The molecule has 0 bridgehead atoms. The second-order valence-corrected chi connectivity index (χ2v) is 9.16. The molecule has 0 atom stereocenters. The molecule has 1 heterocycles. The molecule has 2 aromatic carbocycles. The molecular formula is C20H17FO4S2. The van der Waals surface area contributed by atoms with Crippen molar-refractivity contribution >= 4 is 27.1 Å². The minimum Gasteiger partial charge on any atom is -0.469 e. The van der Waals surface area contributed by atoms with Crippen molar-refractivity contribution in [1.29, 1.82) is 0 Å². The highest BCUT2D eigenvalue weighted by Crippen LogP contribution is 2.40. The summed E-state index contributed by atoms with van der Waals surface area (Å²) in [6.07, 6.45) is 1.29. The number of rotatable bonds is 5. The number of esters is 1. The monoisotopic (exact) mass is 404 g/mol. The lowest BCUT2D eigenvalue weighted by Crippen LogP contribution is -2.02. The largest absolute Gasteiger partial charge is 0.469 e. The number of hydrogen-bond donors (Lipinski definition) is 0. The Kier molecular flexibility index (Phi) is 5.43. The Bertz CT molecular complexity index is 1070. The molecule has 0 aliphatic rings. The Hall–Kier alpha value is -2.51. The first-order valence-electron chi connectivity index (χ1n) is 8.04. The van der Waals surface area contributed by atoms with Crippen LogP contribution in [0.4, 0.5) is 4.39 Å². The number of hydrogen-bond acceptors (Lipinski definition) is 5. The summed E-state index contributed by atoms with van der Waals surface area (Å²) in [4.78, 5) is 13.6. The van der Waals surface area contributed by atoms with Gasteiger partial charge in [-0.05, 0) is 41.5 Å². The van der Waals surface area contributed by atoms with Gasteiger partial charge in [0, 0.05) is 21.6 Å². The van der Waals surface area contributed by atoms with E-state index in [4.69, 9.17) is 4.74 Å². The van der Waals surface area contributed by atoms with E-state index in [2.05, 4.69) is 0 Å². The molecule has 140 valence electrons. The Labute approximate surface area is 161 Å². The minimum atomic E-state index is -3.28. The second-order valence-electron chi connectivity index (χ2n) is 6.01. The smallest absolute Gasteiger partial charge is 0.310 e. The number of ether oxygens (including phenoxy) is 1. The Balaban J connectivity index is 2.09. The average molecular weight is 404 g/mol. The zero-order valence-electron chi connectivity index (χ0n) is 14.7. The highest BCUT2D eigenvalue weighted by Gasteiger charge is 2.16. The van der Waals surface area contributed by atoms with E-state index in [0.29, 0.717) is 0 Å². The lowest BCUT2D eigenvalue weighted by atomic mass is 10.0. The predicted octanol–water partition coefficient (Wildman–Crippen LogP) is 4.34. The van der Waals surface area contributed by atoms with Crippen molar-refractivity contribution in [2.45, 2.75) is 11.3 Å². The summed E-state index contributed by atoms with van der Waals surface area (Å²) >= 11 is 1.43. The van der Waals surface area contributed by atoms with Gasteiger partial charge in [0.05, 0.1) is 18.4 Å². The Morgan fingerprint density at radius 3 is 2.19 bits per heavy atom. The van der Waals surface area contributed by atoms with Crippen LogP contribution in [0, 0.1) is 5.82 Å². The first-order valence-corrected chi connectivity index (χ1v) is 10.7. The van der Waals surface area contributed by atoms with Gasteiger partial charge >= 0.3 is 5.97 Å². The molecule has 27 heavy (non-hydrogen) atoms. The number of carbonyl (C=O) groups excluding carboxylic acids is 1. The summed E-state index contributed by atoms with van der Waals surface area (Å²) in [6, 6.07) is 14.6. The molecule has 0 unspecified atom stereocenters. The molecule has 0 N–H and O–H groups in total. The van der Waals surface area contributed by atoms with Gasteiger partial charge in [-0.3, -0.25) is 4.79 Å². The summed E-state index contributed by atoms with van der Waals surface area (Å²) in [7, 11) is -1.95. The molecule has 0 saturated heterocycles. The highest BCUT2D eigenvalue weighted by atomic mass is 32.2. The van der Waals surface area contributed by atoms with Gasteiger partial charge in [-0.15, -0.1) is 11.3 Å². The van der Waals surface area contributed by atoms with Crippen LogP contribution in [0.3, 0.4) is 0 Å². The fraction of sp³-hybridized carbons (Fsp3) is 0.150. The average Bonchev–Trinajstić information content (AvgIpc) is 3.05. The van der Waals surface area contributed by atoms with Crippen LogP contribution in [0.1, 0.15) is 4.88 Å². The van der Waals surface area contributed by atoms with Crippen molar-refractivity contribution in [1.82, 2.24) is 0 Å². The van der Waals surface area contributed by atoms with Gasteiger partial charge in [-0.25, -0.2) is 12.8 Å². The number of sulfone groups is 1. The topological polar surface area (TPSA) is 60.4 Å². The molecule has 4 nitrogen and oxygen atoms in total. The van der Waals surface area contributed by atoms with E-state index in [1.54, 1.807) is 36.4 Å².